The van der Waals surface area contributed by atoms with E-state index in [-0.39, 0.29) is 0 Å². The van der Waals surface area contributed by atoms with Gasteiger partial charge in [-0.25, -0.2) is 9.13 Å². The van der Waals surface area contributed by atoms with Crippen LogP contribution in [0.1, 0.15) is 17.0 Å². The van der Waals surface area contributed by atoms with Crippen LogP contribution >= 0.6 is 27.5 Å². The second kappa shape index (κ2) is 8.79. The average molecular weight is 495 g/mol. The summed E-state index contributed by atoms with van der Waals surface area (Å²) in [5.41, 5.74) is 0.541. The number of aliphatic imine (C=N–C) groups is 1. The lowest BCUT2D eigenvalue weighted by Crippen LogP contribution is -2.57. The highest BCUT2D eigenvalue weighted by atomic mass is 79.9. The number of aryl methyl sites for hydroxylation is 2. The fourth-order valence-electron chi connectivity index (χ4n) is 3.76. The van der Waals surface area contributed by atoms with Gasteiger partial charge in [-0.05, 0) is 47.5 Å². The molecule has 4 rings (SSSR count). The van der Waals surface area contributed by atoms with Crippen molar-refractivity contribution in [3.05, 3.63) is 118 Å². The third-order valence-corrected chi connectivity index (χ3v) is 5.94. The highest BCUT2D eigenvalue weighted by Gasteiger charge is 2.38. The van der Waals surface area contributed by atoms with Crippen molar-refractivity contribution in [3.63, 3.8) is 0 Å². The Labute approximate surface area is 195 Å². The summed E-state index contributed by atoms with van der Waals surface area (Å²) in [6.45, 7) is 0. The molecule has 6 heteroatoms. The summed E-state index contributed by atoms with van der Waals surface area (Å²) in [5, 5.41) is 15.7. The molecule has 3 aromatic carbocycles. The van der Waals surface area contributed by atoms with Crippen LogP contribution in [0.25, 0.3) is 0 Å². The number of nitrogens with zero attached hydrogens (tertiary/aromatic N) is 3. The monoisotopic (exact) mass is 493 g/mol. The maximum atomic E-state index is 15.1. The number of benzene rings is 3. The summed E-state index contributed by atoms with van der Waals surface area (Å²) in [6.07, 6.45) is 3.75. The fourth-order valence-corrected chi connectivity index (χ4v) is 4.21. The number of aromatic nitrogens is 2. The Kier molecular flexibility index (Phi) is 6.10. The molecule has 0 spiro atoms. The van der Waals surface area contributed by atoms with Gasteiger partial charge in [0, 0.05) is 9.50 Å². The van der Waals surface area contributed by atoms with E-state index in [1.165, 1.54) is 0 Å². The zero-order valence-corrected chi connectivity index (χ0v) is 19.5. The van der Waals surface area contributed by atoms with E-state index in [0.29, 0.717) is 33.4 Å². The largest absolute Gasteiger partial charge is 0.832 e. The minimum Gasteiger partial charge on any atom is -0.832 e. The summed E-state index contributed by atoms with van der Waals surface area (Å²) < 4.78 is 4.60. The Morgan fingerprint density at radius 1 is 1.03 bits per heavy atom. The van der Waals surface area contributed by atoms with Gasteiger partial charge in [0.15, 0.2) is 0 Å². The minimum atomic E-state index is -1.80. The number of imidazole rings is 1. The molecule has 1 aromatic heterocycles. The van der Waals surface area contributed by atoms with Gasteiger partial charge in [0.2, 0.25) is 0 Å². The van der Waals surface area contributed by atoms with Crippen LogP contribution in [0, 0.1) is 0 Å². The molecular formula is C25H21BrClN3O. The Balaban J connectivity index is 2.08. The second-order valence-corrected chi connectivity index (χ2v) is 8.69. The summed E-state index contributed by atoms with van der Waals surface area (Å²) in [7, 11) is 3.75. The number of halogens is 2. The second-order valence-electron chi connectivity index (χ2n) is 7.34. The topological polar surface area (TPSA) is 44.2 Å². The SMILES string of the molecule is Cn1cc[n+](C)c1C([O-])(C(=Nc1ccccc1)c1cccc(Cl)c1)c1ccc(Br)cc1. The van der Waals surface area contributed by atoms with Crippen molar-refractivity contribution in [2.75, 3.05) is 0 Å². The minimum absolute atomic E-state index is 0.376. The van der Waals surface area contributed by atoms with Gasteiger partial charge >= 0.3 is 0 Å². The van der Waals surface area contributed by atoms with Crippen LogP contribution in [-0.2, 0) is 19.7 Å². The average Bonchev–Trinajstić information content (AvgIpc) is 3.11. The summed E-state index contributed by atoms with van der Waals surface area (Å²) in [6, 6.07) is 24.2. The predicted octanol–water partition coefficient (Wildman–Crippen LogP) is 4.69. The first kappa shape index (κ1) is 21.5. The molecule has 0 aliphatic carbocycles. The van der Waals surface area contributed by atoms with E-state index in [9.17, 15) is 0 Å². The van der Waals surface area contributed by atoms with Crippen LogP contribution < -0.4 is 9.67 Å². The molecule has 0 fully saturated rings. The first-order valence-electron chi connectivity index (χ1n) is 9.77. The Morgan fingerprint density at radius 2 is 1.74 bits per heavy atom. The van der Waals surface area contributed by atoms with Gasteiger partial charge in [-0.3, -0.25) is 4.99 Å². The molecule has 0 radical (unpaired) electrons. The molecule has 0 saturated heterocycles. The van der Waals surface area contributed by atoms with E-state index in [4.69, 9.17) is 16.6 Å². The maximum Gasteiger partial charge on any atom is 0.256 e. The molecule has 4 aromatic rings. The molecule has 31 heavy (non-hydrogen) atoms. The number of para-hydroxylation sites is 1. The smallest absolute Gasteiger partial charge is 0.256 e. The van der Waals surface area contributed by atoms with Crippen LogP contribution in [0.2, 0.25) is 5.02 Å². The molecule has 156 valence electrons. The van der Waals surface area contributed by atoms with E-state index >= 15 is 5.11 Å². The van der Waals surface area contributed by atoms with Crippen molar-refractivity contribution in [1.82, 2.24) is 4.57 Å². The Bertz CT molecular complexity index is 1220. The highest BCUT2D eigenvalue weighted by Crippen LogP contribution is 2.33. The molecule has 0 N–H and O–H groups in total. The number of hydrogen-bond acceptors (Lipinski definition) is 2. The van der Waals surface area contributed by atoms with Crippen LogP contribution in [0.3, 0.4) is 0 Å². The van der Waals surface area contributed by atoms with Crippen LogP contribution in [-0.4, -0.2) is 10.3 Å². The van der Waals surface area contributed by atoms with Crippen LogP contribution in [0.5, 0.6) is 0 Å². The Morgan fingerprint density at radius 3 is 2.35 bits per heavy atom. The zero-order chi connectivity index (χ0) is 22.0. The van der Waals surface area contributed by atoms with E-state index in [1.54, 1.807) is 12.1 Å². The van der Waals surface area contributed by atoms with E-state index < -0.39 is 5.60 Å². The van der Waals surface area contributed by atoms with Crippen molar-refractivity contribution in [2.45, 2.75) is 5.60 Å². The van der Waals surface area contributed by atoms with Crippen LogP contribution in [0.4, 0.5) is 5.69 Å². The van der Waals surface area contributed by atoms with Gasteiger partial charge in [0.05, 0.1) is 31.1 Å². The molecule has 1 atom stereocenters. The molecular weight excluding hydrogens is 474 g/mol. The lowest BCUT2D eigenvalue weighted by molar-refractivity contribution is -0.696. The van der Waals surface area contributed by atoms with Crippen molar-refractivity contribution >= 4 is 38.9 Å². The molecule has 1 unspecified atom stereocenters. The molecule has 0 bridgehead atoms. The van der Waals surface area contributed by atoms with Crippen molar-refractivity contribution < 1.29 is 9.67 Å². The van der Waals surface area contributed by atoms with Crippen molar-refractivity contribution in [3.8, 4) is 0 Å². The third kappa shape index (κ3) is 4.22. The molecule has 0 saturated carbocycles. The van der Waals surface area contributed by atoms with Gasteiger partial charge in [-0.1, -0.05) is 70.0 Å². The lowest BCUT2D eigenvalue weighted by Gasteiger charge is -2.39. The molecule has 0 aliphatic rings. The van der Waals surface area contributed by atoms with Gasteiger partial charge in [-0.15, -0.1) is 0 Å². The van der Waals surface area contributed by atoms with Gasteiger partial charge in [0.25, 0.3) is 5.82 Å². The molecule has 4 nitrogen and oxygen atoms in total. The van der Waals surface area contributed by atoms with E-state index in [2.05, 4.69) is 15.9 Å². The van der Waals surface area contributed by atoms with E-state index in [1.807, 2.05) is 102 Å². The lowest BCUT2D eigenvalue weighted by atomic mass is 9.83. The fraction of sp³-hybridized carbons (Fsp3) is 0.120. The zero-order valence-electron chi connectivity index (χ0n) is 17.2. The summed E-state index contributed by atoms with van der Waals surface area (Å²) in [5.74, 6) is 0.560. The Hall–Kier alpha value is -2.73. The summed E-state index contributed by atoms with van der Waals surface area (Å²) in [4.78, 5) is 4.89. The molecule has 0 aliphatic heterocycles. The van der Waals surface area contributed by atoms with Gasteiger partial charge < -0.3 is 5.11 Å². The maximum absolute atomic E-state index is 15.1. The van der Waals surface area contributed by atoms with Crippen molar-refractivity contribution in [2.24, 2.45) is 19.1 Å². The first-order valence-corrected chi connectivity index (χ1v) is 10.9. The first-order chi connectivity index (χ1) is 14.9. The highest BCUT2D eigenvalue weighted by molar-refractivity contribution is 9.10. The number of hydrogen-bond donors (Lipinski definition) is 0. The van der Waals surface area contributed by atoms with Crippen LogP contribution in [0.15, 0.2) is 101 Å². The van der Waals surface area contributed by atoms with Gasteiger partial charge in [-0.2, -0.15) is 0 Å². The predicted molar refractivity (Wildman–Crippen MR) is 126 cm³/mol. The van der Waals surface area contributed by atoms with Crippen molar-refractivity contribution in [1.29, 1.82) is 0 Å². The molecule has 1 heterocycles. The standard InChI is InChI=1S/C25H21BrClN3O/c1-29-15-16-30(2)24(29)25(31,19-11-13-20(26)14-12-19)23(18-7-6-8-21(27)17-18)28-22-9-4-3-5-10-22/h3-17H,1-2H3. The van der Waals surface area contributed by atoms with Gasteiger partial charge in [0.1, 0.15) is 12.4 Å². The third-order valence-electron chi connectivity index (χ3n) is 5.18. The summed E-state index contributed by atoms with van der Waals surface area (Å²) >= 11 is 9.80. The van der Waals surface area contributed by atoms with E-state index in [0.717, 1.165) is 4.47 Å². The number of rotatable bonds is 5. The normalized spacial score (nSPS) is 13.8. The quantitative estimate of drug-likeness (QED) is 0.293. The molecule has 0 amide bonds.